The molecule has 0 bridgehead atoms. The zero-order valence-corrected chi connectivity index (χ0v) is 16.9. The van der Waals surface area contributed by atoms with Gasteiger partial charge < -0.3 is 14.6 Å². The van der Waals surface area contributed by atoms with Gasteiger partial charge in [-0.3, -0.25) is 9.80 Å². The van der Waals surface area contributed by atoms with Gasteiger partial charge in [-0.1, -0.05) is 29.8 Å². The van der Waals surface area contributed by atoms with E-state index < -0.39 is 6.10 Å². The lowest BCUT2D eigenvalue weighted by molar-refractivity contribution is -0.0575. The Morgan fingerprint density at radius 2 is 2.00 bits per heavy atom. The summed E-state index contributed by atoms with van der Waals surface area (Å²) in [6, 6.07) is 8.60. The monoisotopic (exact) mass is 364 g/mol. The van der Waals surface area contributed by atoms with Gasteiger partial charge in [-0.05, 0) is 33.3 Å². The molecule has 1 N–H and O–H groups in total. The Balaban J connectivity index is 1.90. The predicted molar refractivity (Wildman–Crippen MR) is 105 cm³/mol. The van der Waals surface area contributed by atoms with E-state index in [1.54, 1.807) is 0 Å². The van der Waals surface area contributed by atoms with Crippen molar-refractivity contribution in [1.29, 1.82) is 0 Å². The number of ether oxygens (including phenoxy) is 2. The summed E-state index contributed by atoms with van der Waals surface area (Å²) in [5.41, 5.74) is 2.33. The first kappa shape index (κ1) is 21.3. The van der Waals surface area contributed by atoms with Crippen molar-refractivity contribution in [3.63, 3.8) is 0 Å². The molecule has 0 spiro atoms. The van der Waals surface area contributed by atoms with Gasteiger partial charge in [0, 0.05) is 39.3 Å². The van der Waals surface area contributed by atoms with Crippen molar-refractivity contribution < 1.29 is 14.6 Å². The maximum absolute atomic E-state index is 10.5. The molecule has 0 amide bonds. The van der Waals surface area contributed by atoms with Gasteiger partial charge in [0.25, 0.3) is 0 Å². The molecule has 1 aliphatic rings. The third-order valence-corrected chi connectivity index (χ3v) is 4.50. The van der Waals surface area contributed by atoms with E-state index in [-0.39, 0.29) is 5.60 Å². The third kappa shape index (κ3) is 8.60. The smallest absolute Gasteiger partial charge is 0.0900 e. The molecule has 26 heavy (non-hydrogen) atoms. The van der Waals surface area contributed by atoms with Gasteiger partial charge in [-0.15, -0.1) is 0 Å². The summed E-state index contributed by atoms with van der Waals surface area (Å²) in [6.07, 6.45) is -0.483. The molecule has 0 radical (unpaired) electrons. The summed E-state index contributed by atoms with van der Waals surface area (Å²) < 4.78 is 11.2. The Morgan fingerprint density at radius 1 is 1.27 bits per heavy atom. The molecule has 1 fully saturated rings. The summed E-state index contributed by atoms with van der Waals surface area (Å²) in [7, 11) is 0. The summed E-state index contributed by atoms with van der Waals surface area (Å²) in [4.78, 5) is 4.77. The van der Waals surface area contributed by atoms with E-state index in [2.05, 4.69) is 41.0 Å². The standard InChI is InChI=1S/C21H36N2O3/c1-18-6-5-7-19(14-18)15-23(9-8-22-10-12-25-13-11-22)16-20(24)17-26-21(2,3)4/h5-7,14,20,24H,8-13,15-17H2,1-4H3/t20-/m1/s1. The first-order valence-corrected chi connectivity index (χ1v) is 9.72. The molecule has 0 aromatic heterocycles. The number of aliphatic hydroxyl groups is 1. The van der Waals surface area contributed by atoms with Gasteiger partial charge in [0.2, 0.25) is 0 Å². The molecule has 148 valence electrons. The first-order chi connectivity index (χ1) is 12.3. The second kappa shape index (κ2) is 10.4. The lowest BCUT2D eigenvalue weighted by Gasteiger charge is -2.31. The number of benzene rings is 1. The molecular formula is C21H36N2O3. The summed E-state index contributed by atoms with van der Waals surface area (Å²) in [5, 5.41) is 10.5. The van der Waals surface area contributed by atoms with Crippen LogP contribution in [0.5, 0.6) is 0 Å². The average molecular weight is 365 g/mol. The third-order valence-electron chi connectivity index (χ3n) is 4.50. The van der Waals surface area contributed by atoms with Gasteiger partial charge in [-0.25, -0.2) is 0 Å². The van der Waals surface area contributed by atoms with Gasteiger partial charge in [-0.2, -0.15) is 0 Å². The normalized spacial score (nSPS) is 17.6. The molecule has 5 nitrogen and oxygen atoms in total. The Hall–Kier alpha value is -0.980. The highest BCUT2D eigenvalue weighted by atomic mass is 16.5. The van der Waals surface area contributed by atoms with Crippen molar-refractivity contribution in [2.45, 2.75) is 45.9 Å². The minimum Gasteiger partial charge on any atom is -0.389 e. The first-order valence-electron chi connectivity index (χ1n) is 9.72. The van der Waals surface area contributed by atoms with Crippen LogP contribution in [0.25, 0.3) is 0 Å². The van der Waals surface area contributed by atoms with Crippen molar-refractivity contribution in [3.05, 3.63) is 35.4 Å². The molecule has 5 heteroatoms. The largest absolute Gasteiger partial charge is 0.389 e. The van der Waals surface area contributed by atoms with Crippen LogP contribution in [0.1, 0.15) is 31.9 Å². The maximum Gasteiger partial charge on any atom is 0.0900 e. The highest BCUT2D eigenvalue weighted by Gasteiger charge is 2.18. The Labute approximate surface area is 158 Å². The fraction of sp³-hybridized carbons (Fsp3) is 0.714. The topological polar surface area (TPSA) is 45.2 Å². The molecular weight excluding hydrogens is 328 g/mol. The highest BCUT2D eigenvalue weighted by Crippen LogP contribution is 2.11. The van der Waals surface area contributed by atoms with Crippen LogP contribution in [-0.4, -0.2) is 79.2 Å². The molecule has 0 aliphatic carbocycles. The summed E-state index contributed by atoms with van der Waals surface area (Å²) in [6.45, 7) is 15.6. The van der Waals surface area contributed by atoms with Crippen LogP contribution < -0.4 is 0 Å². The summed E-state index contributed by atoms with van der Waals surface area (Å²) in [5.74, 6) is 0. The van der Waals surface area contributed by atoms with Crippen LogP contribution in [0.4, 0.5) is 0 Å². The minimum absolute atomic E-state index is 0.226. The predicted octanol–water partition coefficient (Wildman–Crippen LogP) is 2.31. The van der Waals surface area contributed by atoms with Gasteiger partial charge >= 0.3 is 0 Å². The van der Waals surface area contributed by atoms with Crippen LogP contribution >= 0.6 is 0 Å². The van der Waals surface area contributed by atoms with Crippen molar-refractivity contribution in [3.8, 4) is 0 Å². The lowest BCUT2D eigenvalue weighted by atomic mass is 10.1. The van der Waals surface area contributed by atoms with E-state index in [4.69, 9.17) is 9.47 Å². The Bertz CT molecular complexity index is 524. The Morgan fingerprint density at radius 3 is 2.65 bits per heavy atom. The van der Waals surface area contributed by atoms with Crippen molar-refractivity contribution >= 4 is 0 Å². The fourth-order valence-corrected chi connectivity index (χ4v) is 3.11. The van der Waals surface area contributed by atoms with E-state index in [9.17, 15) is 5.11 Å². The number of hydrogen-bond acceptors (Lipinski definition) is 5. The molecule has 1 heterocycles. The Kier molecular flexibility index (Phi) is 8.51. The highest BCUT2D eigenvalue weighted by molar-refractivity contribution is 5.22. The van der Waals surface area contributed by atoms with E-state index >= 15 is 0 Å². The van der Waals surface area contributed by atoms with Crippen molar-refractivity contribution in [2.24, 2.45) is 0 Å². The number of aryl methyl sites for hydroxylation is 1. The van der Waals surface area contributed by atoms with Gasteiger partial charge in [0.1, 0.15) is 0 Å². The van der Waals surface area contributed by atoms with E-state index in [0.29, 0.717) is 13.2 Å². The second-order valence-electron chi connectivity index (χ2n) is 8.26. The lowest BCUT2D eigenvalue weighted by Crippen LogP contribution is -2.43. The maximum atomic E-state index is 10.5. The average Bonchev–Trinajstić information content (AvgIpc) is 2.58. The molecule has 1 aromatic carbocycles. The molecule has 1 aromatic rings. The molecule has 1 saturated heterocycles. The van der Waals surface area contributed by atoms with E-state index in [0.717, 1.165) is 45.9 Å². The minimum atomic E-state index is -0.483. The number of nitrogens with zero attached hydrogens (tertiary/aromatic N) is 2. The number of hydrogen-bond donors (Lipinski definition) is 1. The van der Waals surface area contributed by atoms with Crippen LogP contribution in [0, 0.1) is 6.92 Å². The van der Waals surface area contributed by atoms with Gasteiger partial charge in [0.15, 0.2) is 0 Å². The van der Waals surface area contributed by atoms with Crippen LogP contribution in [0.15, 0.2) is 24.3 Å². The van der Waals surface area contributed by atoms with Crippen LogP contribution in [0.2, 0.25) is 0 Å². The molecule has 0 saturated carbocycles. The van der Waals surface area contributed by atoms with Gasteiger partial charge in [0.05, 0.1) is 31.5 Å². The number of aliphatic hydroxyl groups excluding tert-OH is 1. The quantitative estimate of drug-likeness (QED) is 0.728. The van der Waals surface area contributed by atoms with Crippen LogP contribution in [-0.2, 0) is 16.0 Å². The van der Waals surface area contributed by atoms with E-state index in [1.165, 1.54) is 11.1 Å². The van der Waals surface area contributed by atoms with Crippen molar-refractivity contribution in [2.75, 3.05) is 52.5 Å². The zero-order valence-electron chi connectivity index (χ0n) is 16.9. The SMILES string of the molecule is Cc1cccc(CN(CCN2CCOCC2)C[C@@H](O)COC(C)(C)C)c1. The van der Waals surface area contributed by atoms with Crippen LogP contribution in [0.3, 0.4) is 0 Å². The zero-order chi connectivity index (χ0) is 19.0. The fourth-order valence-electron chi connectivity index (χ4n) is 3.11. The van der Waals surface area contributed by atoms with E-state index in [1.807, 2.05) is 20.8 Å². The number of rotatable bonds is 9. The number of morpholine rings is 1. The molecule has 1 aliphatic heterocycles. The molecule has 0 unspecified atom stereocenters. The molecule has 2 rings (SSSR count). The molecule has 1 atom stereocenters. The van der Waals surface area contributed by atoms with Crippen molar-refractivity contribution in [1.82, 2.24) is 9.80 Å². The summed E-state index contributed by atoms with van der Waals surface area (Å²) >= 11 is 0. The second-order valence-corrected chi connectivity index (χ2v) is 8.26.